The number of hydrogen-bond acceptors (Lipinski definition) is 5. The number of para-hydroxylation sites is 1. The first-order valence-corrected chi connectivity index (χ1v) is 8.46. The van der Waals surface area contributed by atoms with Gasteiger partial charge < -0.3 is 5.32 Å². The lowest BCUT2D eigenvalue weighted by molar-refractivity contribution is -0.122. The van der Waals surface area contributed by atoms with Crippen LogP contribution in [-0.4, -0.2) is 33.5 Å². The molecule has 0 aliphatic carbocycles. The highest BCUT2D eigenvalue weighted by molar-refractivity contribution is 7.13. The number of carbonyl (C=O) groups is 2. The van der Waals surface area contributed by atoms with Gasteiger partial charge in [-0.05, 0) is 19.1 Å². The molecule has 7 nitrogen and oxygen atoms in total. The highest BCUT2D eigenvalue weighted by atomic mass is 32.1. The van der Waals surface area contributed by atoms with Crippen molar-refractivity contribution in [3.8, 4) is 0 Å². The van der Waals surface area contributed by atoms with Crippen molar-refractivity contribution in [2.45, 2.75) is 13.3 Å². The molecule has 1 aliphatic heterocycles. The van der Waals surface area contributed by atoms with E-state index < -0.39 is 5.92 Å². The quantitative estimate of drug-likeness (QED) is 0.765. The third kappa shape index (κ3) is 2.54. The highest BCUT2D eigenvalue weighted by Gasteiger charge is 2.37. The number of hydrogen-bond donors (Lipinski definition) is 2. The van der Waals surface area contributed by atoms with Crippen molar-refractivity contribution >= 4 is 45.0 Å². The summed E-state index contributed by atoms with van der Waals surface area (Å²) in [7, 11) is 0. The van der Waals surface area contributed by atoms with Crippen LogP contribution in [0.3, 0.4) is 0 Å². The van der Waals surface area contributed by atoms with Gasteiger partial charge in [0.15, 0.2) is 10.9 Å². The Morgan fingerprint density at radius 2 is 2.25 bits per heavy atom. The molecule has 24 heavy (non-hydrogen) atoms. The Labute approximate surface area is 141 Å². The largest absolute Gasteiger partial charge is 0.302 e. The van der Waals surface area contributed by atoms with E-state index in [0.717, 1.165) is 16.6 Å². The Morgan fingerprint density at radius 3 is 3.04 bits per heavy atom. The zero-order valence-corrected chi connectivity index (χ0v) is 13.8. The van der Waals surface area contributed by atoms with E-state index in [9.17, 15) is 9.59 Å². The summed E-state index contributed by atoms with van der Waals surface area (Å²) in [5.41, 5.74) is 1.73. The van der Waals surface area contributed by atoms with Crippen molar-refractivity contribution in [2.24, 2.45) is 5.92 Å². The normalized spacial score (nSPS) is 17.6. The molecule has 2 N–H and O–H groups in total. The molecular weight excluding hydrogens is 326 g/mol. The van der Waals surface area contributed by atoms with Gasteiger partial charge in [-0.3, -0.25) is 19.6 Å². The maximum absolute atomic E-state index is 12.4. The van der Waals surface area contributed by atoms with Gasteiger partial charge in [-0.1, -0.05) is 12.1 Å². The standard InChI is InChI=1S/C16H15N5O2S/c1-9-8-24-16(17-9)18-15(23)10-6-13(22)21(7-10)14-11-4-2-3-5-12(11)19-20-14/h2-5,8,10H,6-7H2,1H3,(H,19,20)(H,17,18,23)/t10-/m1/s1. The van der Waals surface area contributed by atoms with Gasteiger partial charge in [0.2, 0.25) is 11.8 Å². The molecule has 3 heterocycles. The predicted octanol–water partition coefficient (Wildman–Crippen LogP) is 2.32. The van der Waals surface area contributed by atoms with Gasteiger partial charge in [0, 0.05) is 23.7 Å². The average molecular weight is 341 g/mol. The fourth-order valence-corrected chi connectivity index (χ4v) is 3.55. The molecule has 2 amide bonds. The van der Waals surface area contributed by atoms with E-state index in [-0.39, 0.29) is 18.2 Å². The van der Waals surface area contributed by atoms with Crippen LogP contribution in [0.25, 0.3) is 10.9 Å². The number of amides is 2. The van der Waals surface area contributed by atoms with E-state index in [1.165, 1.54) is 11.3 Å². The molecule has 4 rings (SSSR count). The Morgan fingerprint density at radius 1 is 1.42 bits per heavy atom. The maximum Gasteiger partial charge on any atom is 0.231 e. The van der Waals surface area contributed by atoms with Crippen molar-refractivity contribution < 1.29 is 9.59 Å². The van der Waals surface area contributed by atoms with E-state index in [2.05, 4.69) is 20.5 Å². The topological polar surface area (TPSA) is 91.0 Å². The third-order valence-corrected chi connectivity index (χ3v) is 4.93. The molecule has 2 aromatic heterocycles. The monoisotopic (exact) mass is 341 g/mol. The van der Waals surface area contributed by atoms with Gasteiger partial charge in [0.05, 0.1) is 17.1 Å². The first-order valence-electron chi connectivity index (χ1n) is 7.58. The number of carbonyl (C=O) groups excluding carboxylic acids is 2. The van der Waals surface area contributed by atoms with Crippen molar-refractivity contribution in [3.05, 3.63) is 35.3 Å². The molecule has 3 aromatic rings. The smallest absolute Gasteiger partial charge is 0.231 e. The van der Waals surface area contributed by atoms with Crippen LogP contribution in [0.15, 0.2) is 29.6 Å². The van der Waals surface area contributed by atoms with Crippen molar-refractivity contribution in [1.82, 2.24) is 15.2 Å². The number of fused-ring (bicyclic) bond motifs is 1. The first kappa shape index (κ1) is 14.8. The molecule has 0 spiro atoms. The fourth-order valence-electron chi connectivity index (χ4n) is 2.86. The third-order valence-electron chi connectivity index (χ3n) is 4.05. The predicted molar refractivity (Wildman–Crippen MR) is 92.0 cm³/mol. The number of anilines is 2. The van der Waals surface area contributed by atoms with Crippen LogP contribution < -0.4 is 10.2 Å². The number of nitrogens with zero attached hydrogens (tertiary/aromatic N) is 3. The van der Waals surface area contributed by atoms with E-state index in [1.807, 2.05) is 36.6 Å². The summed E-state index contributed by atoms with van der Waals surface area (Å²) < 4.78 is 0. The summed E-state index contributed by atoms with van der Waals surface area (Å²) in [4.78, 5) is 30.6. The number of aromatic nitrogens is 3. The zero-order chi connectivity index (χ0) is 16.7. The minimum absolute atomic E-state index is 0.0947. The molecule has 1 saturated heterocycles. The van der Waals surface area contributed by atoms with Gasteiger partial charge in [-0.2, -0.15) is 5.10 Å². The Kier molecular flexibility index (Phi) is 3.53. The molecule has 8 heteroatoms. The molecule has 0 saturated carbocycles. The maximum atomic E-state index is 12.4. The lowest BCUT2D eigenvalue weighted by Gasteiger charge is -2.13. The second-order valence-electron chi connectivity index (χ2n) is 5.78. The summed E-state index contributed by atoms with van der Waals surface area (Å²) >= 11 is 1.38. The first-order chi connectivity index (χ1) is 11.6. The molecule has 1 atom stereocenters. The van der Waals surface area contributed by atoms with Gasteiger partial charge >= 0.3 is 0 Å². The van der Waals surface area contributed by atoms with Crippen LogP contribution in [-0.2, 0) is 9.59 Å². The lowest BCUT2D eigenvalue weighted by atomic mass is 10.1. The van der Waals surface area contributed by atoms with Gasteiger partial charge in [-0.25, -0.2) is 4.98 Å². The van der Waals surface area contributed by atoms with Crippen LogP contribution in [0.4, 0.5) is 10.9 Å². The van der Waals surface area contributed by atoms with Gasteiger partial charge in [0.25, 0.3) is 0 Å². The summed E-state index contributed by atoms with van der Waals surface area (Å²) in [6.45, 7) is 2.19. The molecule has 0 radical (unpaired) electrons. The number of H-pyrrole nitrogens is 1. The summed E-state index contributed by atoms with van der Waals surface area (Å²) in [5.74, 6) is -0.101. The van der Waals surface area contributed by atoms with Gasteiger partial charge in [-0.15, -0.1) is 11.3 Å². The van der Waals surface area contributed by atoms with Crippen molar-refractivity contribution in [1.29, 1.82) is 0 Å². The molecule has 0 unspecified atom stereocenters. The number of nitrogens with one attached hydrogen (secondary N) is 2. The minimum Gasteiger partial charge on any atom is -0.302 e. The van der Waals surface area contributed by atoms with E-state index in [1.54, 1.807) is 4.90 Å². The van der Waals surface area contributed by atoms with Crippen molar-refractivity contribution in [3.63, 3.8) is 0 Å². The van der Waals surface area contributed by atoms with Gasteiger partial charge in [0.1, 0.15) is 0 Å². The molecule has 1 aliphatic rings. The fraction of sp³-hybridized carbons (Fsp3) is 0.250. The zero-order valence-electron chi connectivity index (χ0n) is 12.9. The molecule has 0 bridgehead atoms. The van der Waals surface area contributed by atoms with E-state index in [0.29, 0.717) is 17.5 Å². The summed E-state index contributed by atoms with van der Waals surface area (Å²) in [6.07, 6.45) is 0.178. The minimum atomic E-state index is -0.405. The highest BCUT2D eigenvalue weighted by Crippen LogP contribution is 2.30. The van der Waals surface area contributed by atoms with Crippen LogP contribution in [0.2, 0.25) is 0 Å². The SMILES string of the molecule is Cc1csc(NC(=O)[C@@H]2CC(=O)N(c3n[nH]c4ccccc34)C2)n1. The molecule has 1 aromatic carbocycles. The number of aryl methyl sites for hydroxylation is 1. The Hall–Kier alpha value is -2.74. The number of thiazole rings is 1. The number of aromatic amines is 1. The van der Waals surface area contributed by atoms with E-state index >= 15 is 0 Å². The number of rotatable bonds is 3. The average Bonchev–Trinajstić information content (AvgIpc) is 3.26. The van der Waals surface area contributed by atoms with E-state index in [4.69, 9.17) is 0 Å². The second kappa shape index (κ2) is 5.72. The van der Waals surface area contributed by atoms with Crippen molar-refractivity contribution in [2.75, 3.05) is 16.8 Å². The van der Waals surface area contributed by atoms with Crippen LogP contribution in [0, 0.1) is 12.8 Å². The lowest BCUT2D eigenvalue weighted by Crippen LogP contribution is -2.28. The van der Waals surface area contributed by atoms with Crippen LogP contribution >= 0.6 is 11.3 Å². The second-order valence-corrected chi connectivity index (χ2v) is 6.64. The van der Waals surface area contributed by atoms with Crippen LogP contribution in [0.5, 0.6) is 0 Å². The molecular formula is C16H15N5O2S. The summed E-state index contributed by atoms with van der Waals surface area (Å²) in [6, 6.07) is 7.62. The number of benzene rings is 1. The molecule has 1 fully saturated rings. The Bertz CT molecular complexity index is 931. The van der Waals surface area contributed by atoms with Crippen LogP contribution in [0.1, 0.15) is 12.1 Å². The Balaban J connectivity index is 1.53. The summed E-state index contributed by atoms with van der Waals surface area (Å²) in [5, 5.41) is 13.3. The molecule has 122 valence electrons.